The summed E-state index contributed by atoms with van der Waals surface area (Å²) in [6.45, 7) is 0.563. The molecule has 10 heteroatoms. The van der Waals surface area contributed by atoms with Crippen LogP contribution in [0.5, 0.6) is 5.75 Å². The van der Waals surface area contributed by atoms with E-state index in [0.717, 1.165) is 25.7 Å². The topological polar surface area (TPSA) is 115 Å². The first-order valence-corrected chi connectivity index (χ1v) is 12.2. The molecule has 1 aromatic heterocycles. The molecule has 9 nitrogen and oxygen atoms in total. The van der Waals surface area contributed by atoms with Gasteiger partial charge in [0.25, 0.3) is 0 Å². The minimum absolute atomic E-state index is 0.124. The summed E-state index contributed by atoms with van der Waals surface area (Å²) < 4.78 is 37.9. The van der Waals surface area contributed by atoms with Gasteiger partial charge in [-0.25, -0.2) is 8.42 Å². The quantitative estimate of drug-likeness (QED) is 0.722. The lowest BCUT2D eigenvalue weighted by Crippen LogP contribution is -2.41. The van der Waals surface area contributed by atoms with Crippen molar-refractivity contribution >= 4 is 21.9 Å². The average Bonchev–Trinajstić information content (AvgIpc) is 3.28. The molecule has 1 aliphatic carbocycles. The van der Waals surface area contributed by atoms with Crippen molar-refractivity contribution in [2.45, 2.75) is 55.8 Å². The SMILES string of the molecule is COc1ccc(S(=O)(=O)N2CCC(C(=O)Nc3nnc(C4CCCCC4)o3)CC2)cc1. The number of amides is 1. The van der Waals surface area contributed by atoms with E-state index in [4.69, 9.17) is 9.15 Å². The second kappa shape index (κ2) is 9.35. The van der Waals surface area contributed by atoms with Crippen molar-refractivity contribution in [2.24, 2.45) is 5.92 Å². The van der Waals surface area contributed by atoms with Crippen LogP contribution in [-0.4, -0.2) is 49.0 Å². The van der Waals surface area contributed by atoms with Crippen LogP contribution in [-0.2, 0) is 14.8 Å². The molecule has 1 amide bonds. The molecule has 2 fully saturated rings. The highest BCUT2D eigenvalue weighted by atomic mass is 32.2. The lowest BCUT2D eigenvalue weighted by atomic mass is 9.89. The van der Waals surface area contributed by atoms with Gasteiger partial charge in [-0.05, 0) is 49.9 Å². The molecule has 0 spiro atoms. The van der Waals surface area contributed by atoms with Crippen molar-refractivity contribution in [1.82, 2.24) is 14.5 Å². The first-order valence-electron chi connectivity index (χ1n) is 10.8. The van der Waals surface area contributed by atoms with Gasteiger partial charge in [-0.2, -0.15) is 4.31 Å². The molecule has 168 valence electrons. The molecule has 2 aromatic rings. The number of nitrogens with zero attached hydrogens (tertiary/aromatic N) is 3. The van der Waals surface area contributed by atoms with Gasteiger partial charge in [0.15, 0.2) is 0 Å². The number of benzene rings is 1. The molecule has 2 heterocycles. The highest BCUT2D eigenvalue weighted by Crippen LogP contribution is 2.32. The van der Waals surface area contributed by atoms with E-state index < -0.39 is 10.0 Å². The molecule has 0 radical (unpaired) electrons. The van der Waals surface area contributed by atoms with Crippen molar-refractivity contribution < 1.29 is 22.4 Å². The molecule has 4 rings (SSSR count). The normalized spacial score (nSPS) is 19.3. The van der Waals surface area contributed by atoms with Crippen LogP contribution >= 0.6 is 0 Å². The molecule has 1 N–H and O–H groups in total. The summed E-state index contributed by atoms with van der Waals surface area (Å²) >= 11 is 0. The minimum atomic E-state index is -3.60. The summed E-state index contributed by atoms with van der Waals surface area (Å²) in [6.07, 6.45) is 6.50. The van der Waals surface area contributed by atoms with E-state index in [2.05, 4.69) is 15.5 Å². The summed E-state index contributed by atoms with van der Waals surface area (Å²) in [4.78, 5) is 12.8. The monoisotopic (exact) mass is 448 g/mol. The Morgan fingerprint density at radius 3 is 2.39 bits per heavy atom. The van der Waals surface area contributed by atoms with E-state index in [0.29, 0.717) is 24.5 Å². The molecule has 1 aliphatic heterocycles. The Kier molecular flexibility index (Phi) is 6.57. The van der Waals surface area contributed by atoms with Crippen LogP contribution < -0.4 is 10.1 Å². The maximum absolute atomic E-state index is 12.9. The predicted octanol–water partition coefficient (Wildman–Crippen LogP) is 3.17. The Labute approximate surface area is 182 Å². The molecule has 31 heavy (non-hydrogen) atoms. The number of carbonyl (C=O) groups is 1. The number of carbonyl (C=O) groups excluding carboxylic acids is 1. The first-order chi connectivity index (χ1) is 15.0. The average molecular weight is 449 g/mol. The number of rotatable bonds is 6. The summed E-state index contributed by atoms with van der Waals surface area (Å²) in [6, 6.07) is 6.44. The fourth-order valence-electron chi connectivity index (χ4n) is 4.26. The molecule has 2 aliphatic rings. The fourth-order valence-corrected chi connectivity index (χ4v) is 5.73. The molecule has 1 saturated carbocycles. The zero-order valence-electron chi connectivity index (χ0n) is 17.6. The van der Waals surface area contributed by atoms with Crippen molar-refractivity contribution in [1.29, 1.82) is 0 Å². The van der Waals surface area contributed by atoms with Crippen LogP contribution in [0, 0.1) is 5.92 Å². The van der Waals surface area contributed by atoms with Gasteiger partial charge in [-0.15, -0.1) is 5.10 Å². The minimum Gasteiger partial charge on any atom is -0.497 e. The van der Waals surface area contributed by atoms with Crippen molar-refractivity contribution in [3.8, 4) is 5.75 Å². The smallest absolute Gasteiger partial charge is 0.322 e. The Hall–Kier alpha value is -2.46. The number of nitrogens with one attached hydrogen (secondary N) is 1. The molecule has 0 bridgehead atoms. The zero-order valence-corrected chi connectivity index (χ0v) is 18.4. The predicted molar refractivity (Wildman–Crippen MR) is 113 cm³/mol. The summed E-state index contributed by atoms with van der Waals surface area (Å²) in [5, 5.41) is 10.8. The highest BCUT2D eigenvalue weighted by molar-refractivity contribution is 7.89. The van der Waals surface area contributed by atoms with Crippen LogP contribution in [0.25, 0.3) is 0 Å². The standard InChI is InChI=1S/C21H28N4O5S/c1-29-17-7-9-18(10-8-17)31(27,28)25-13-11-15(12-14-25)19(26)22-21-24-23-20(30-21)16-5-3-2-4-6-16/h7-10,15-16H,2-6,11-14H2,1H3,(H,22,24,26). The number of anilines is 1. The van der Waals surface area contributed by atoms with E-state index in [9.17, 15) is 13.2 Å². The molecule has 0 atom stereocenters. The Balaban J connectivity index is 1.32. The number of methoxy groups -OCH3 is 1. The molecular weight excluding hydrogens is 420 g/mol. The number of hydrogen-bond acceptors (Lipinski definition) is 7. The van der Waals surface area contributed by atoms with Gasteiger partial charge in [-0.3, -0.25) is 10.1 Å². The van der Waals surface area contributed by atoms with Crippen molar-refractivity contribution in [3.63, 3.8) is 0 Å². The van der Waals surface area contributed by atoms with Gasteiger partial charge < -0.3 is 9.15 Å². The van der Waals surface area contributed by atoms with E-state index >= 15 is 0 Å². The maximum atomic E-state index is 12.9. The van der Waals surface area contributed by atoms with E-state index in [1.807, 2.05) is 0 Å². The van der Waals surface area contributed by atoms with Gasteiger partial charge in [-0.1, -0.05) is 24.4 Å². The van der Waals surface area contributed by atoms with Crippen LogP contribution in [0.2, 0.25) is 0 Å². The number of piperidine rings is 1. The van der Waals surface area contributed by atoms with Gasteiger partial charge in [0.2, 0.25) is 21.8 Å². The van der Waals surface area contributed by atoms with E-state index in [1.54, 1.807) is 12.1 Å². The van der Waals surface area contributed by atoms with Crippen LogP contribution in [0.15, 0.2) is 33.6 Å². The van der Waals surface area contributed by atoms with Gasteiger partial charge >= 0.3 is 6.01 Å². The van der Waals surface area contributed by atoms with Crippen molar-refractivity contribution in [3.05, 3.63) is 30.2 Å². The molecule has 1 saturated heterocycles. The highest BCUT2D eigenvalue weighted by Gasteiger charge is 2.33. The lowest BCUT2D eigenvalue weighted by Gasteiger charge is -2.30. The van der Waals surface area contributed by atoms with Crippen LogP contribution in [0.3, 0.4) is 0 Å². The summed E-state index contributed by atoms with van der Waals surface area (Å²) in [5.41, 5.74) is 0. The third-order valence-electron chi connectivity index (χ3n) is 6.15. The first kappa shape index (κ1) is 21.8. The van der Waals surface area contributed by atoms with Crippen molar-refractivity contribution in [2.75, 3.05) is 25.5 Å². The van der Waals surface area contributed by atoms with Gasteiger partial charge in [0.1, 0.15) is 5.75 Å². The third kappa shape index (κ3) is 4.90. The second-order valence-electron chi connectivity index (χ2n) is 8.12. The van der Waals surface area contributed by atoms with E-state index in [-0.39, 0.29) is 41.7 Å². The number of sulfonamides is 1. The number of ether oxygens (including phenoxy) is 1. The molecular formula is C21H28N4O5S. The van der Waals surface area contributed by atoms with E-state index in [1.165, 1.54) is 30.0 Å². The molecule has 0 unspecified atom stereocenters. The van der Waals surface area contributed by atoms with Gasteiger partial charge in [0.05, 0.1) is 12.0 Å². The summed E-state index contributed by atoms with van der Waals surface area (Å²) in [5.74, 6) is 0.961. The van der Waals surface area contributed by atoms with Crippen LogP contribution in [0.1, 0.15) is 56.8 Å². The Morgan fingerprint density at radius 1 is 1.06 bits per heavy atom. The largest absolute Gasteiger partial charge is 0.497 e. The maximum Gasteiger partial charge on any atom is 0.322 e. The number of aromatic nitrogens is 2. The summed E-state index contributed by atoms with van der Waals surface area (Å²) in [7, 11) is -2.07. The van der Waals surface area contributed by atoms with Gasteiger partial charge in [0, 0.05) is 24.9 Å². The zero-order chi connectivity index (χ0) is 21.8. The fraction of sp³-hybridized carbons (Fsp3) is 0.571. The van der Waals surface area contributed by atoms with Crippen LogP contribution in [0.4, 0.5) is 6.01 Å². The Morgan fingerprint density at radius 2 is 1.74 bits per heavy atom. The second-order valence-corrected chi connectivity index (χ2v) is 10.1. The Bertz CT molecular complexity index is 991. The number of hydrogen-bond donors (Lipinski definition) is 1. The molecule has 1 aromatic carbocycles. The third-order valence-corrected chi connectivity index (χ3v) is 8.06. The lowest BCUT2D eigenvalue weighted by molar-refractivity contribution is -0.121.